The van der Waals surface area contributed by atoms with Gasteiger partial charge in [0.1, 0.15) is 0 Å². The Hall–Kier alpha value is -1.72. The topological polar surface area (TPSA) is 78.8 Å². The number of imide groups is 2. The molecule has 2 bridgehead atoms. The number of fused-ring (bicyclic) bond motifs is 2. The van der Waals surface area contributed by atoms with Gasteiger partial charge in [0, 0.05) is 12.8 Å². The van der Waals surface area contributed by atoms with E-state index in [0.29, 0.717) is 12.5 Å². The van der Waals surface area contributed by atoms with Crippen LogP contribution in [0.15, 0.2) is 4.99 Å². The first kappa shape index (κ1) is 18.1. The number of rotatable bonds is 5. The maximum absolute atomic E-state index is 12.6. The predicted molar refractivity (Wildman–Crippen MR) is 95.2 cm³/mol. The van der Waals surface area contributed by atoms with E-state index in [0.717, 1.165) is 30.6 Å². The second kappa shape index (κ2) is 6.22. The number of hydrogen-bond donors (Lipinski definition) is 1. The van der Waals surface area contributed by atoms with Crippen LogP contribution >= 0.6 is 0 Å². The Balaban J connectivity index is 1.75. The maximum atomic E-state index is 12.6. The van der Waals surface area contributed by atoms with Crippen molar-refractivity contribution in [3.63, 3.8) is 0 Å². The van der Waals surface area contributed by atoms with Crippen LogP contribution in [0.4, 0.5) is 4.79 Å². The quantitative estimate of drug-likeness (QED) is 0.613. The number of urea groups is 1. The molecule has 4 atom stereocenters. The molecule has 138 valence electrons. The Morgan fingerprint density at radius 3 is 2.56 bits per heavy atom. The number of hydrogen-bond acceptors (Lipinski definition) is 4. The minimum atomic E-state index is -0.986. The van der Waals surface area contributed by atoms with Crippen molar-refractivity contribution < 1.29 is 14.4 Å². The van der Waals surface area contributed by atoms with Gasteiger partial charge in [-0.15, -0.1) is 0 Å². The van der Waals surface area contributed by atoms with Gasteiger partial charge in [0.2, 0.25) is 11.8 Å². The number of nitrogens with zero attached hydrogens (tertiary/aromatic N) is 2. The van der Waals surface area contributed by atoms with Gasteiger partial charge in [0.25, 0.3) is 0 Å². The number of carbonyl (C=O) groups excluding carboxylic acids is 3. The molecule has 2 saturated carbocycles. The van der Waals surface area contributed by atoms with E-state index in [2.05, 4.69) is 26.1 Å². The van der Waals surface area contributed by atoms with Crippen LogP contribution in [0.1, 0.15) is 59.8 Å². The lowest BCUT2D eigenvalue weighted by Gasteiger charge is -2.37. The lowest BCUT2D eigenvalue weighted by Crippen LogP contribution is -2.58. The zero-order valence-corrected chi connectivity index (χ0v) is 15.7. The van der Waals surface area contributed by atoms with E-state index < -0.39 is 23.8 Å². The van der Waals surface area contributed by atoms with Gasteiger partial charge in [-0.05, 0) is 42.4 Å². The molecule has 1 saturated heterocycles. The lowest BCUT2D eigenvalue weighted by molar-refractivity contribution is -0.139. The summed E-state index contributed by atoms with van der Waals surface area (Å²) in [6.07, 6.45) is 6.49. The van der Waals surface area contributed by atoms with Gasteiger partial charge in [0.05, 0.1) is 6.04 Å². The van der Waals surface area contributed by atoms with Gasteiger partial charge < -0.3 is 0 Å². The van der Waals surface area contributed by atoms with Gasteiger partial charge in [-0.1, -0.05) is 34.1 Å². The minimum absolute atomic E-state index is 0.111. The summed E-state index contributed by atoms with van der Waals surface area (Å²) in [5.41, 5.74) is 0.344. The maximum Gasteiger partial charge on any atom is 0.330 e. The molecule has 3 fully saturated rings. The average molecular weight is 347 g/mol. The van der Waals surface area contributed by atoms with Crippen molar-refractivity contribution in [1.29, 1.82) is 0 Å². The second-order valence-electron chi connectivity index (χ2n) is 8.54. The van der Waals surface area contributed by atoms with Gasteiger partial charge in [-0.3, -0.25) is 24.8 Å². The fourth-order valence-corrected chi connectivity index (χ4v) is 4.87. The Morgan fingerprint density at radius 2 is 2.00 bits per heavy atom. The van der Waals surface area contributed by atoms with E-state index in [1.54, 1.807) is 0 Å². The summed E-state index contributed by atoms with van der Waals surface area (Å²) in [6.45, 7) is 9.23. The van der Waals surface area contributed by atoms with E-state index in [1.807, 2.05) is 6.92 Å². The van der Waals surface area contributed by atoms with Crippen LogP contribution in [-0.4, -0.2) is 41.5 Å². The van der Waals surface area contributed by atoms with Crippen molar-refractivity contribution >= 4 is 24.1 Å². The fraction of sp³-hybridized carbons (Fsp3) is 0.789. The molecule has 25 heavy (non-hydrogen) atoms. The molecule has 0 aromatic carbocycles. The standard InChI is InChI=1S/C19H29N3O3/c1-5-6-9-22-16(24)13(15(23)21-17(22)25)11-20-14-10-12-7-8-19(14,4)18(12,2)3/h11-14H,5-10H2,1-4H3,(H,21,23,25)/t12-,13+,14+,19-/m0/s1. The number of carbonyl (C=O) groups is 3. The first-order valence-electron chi connectivity index (χ1n) is 9.42. The summed E-state index contributed by atoms with van der Waals surface area (Å²) < 4.78 is 0. The molecule has 1 N–H and O–H groups in total. The molecular weight excluding hydrogens is 318 g/mol. The van der Waals surface area contributed by atoms with Gasteiger partial charge in [0.15, 0.2) is 5.92 Å². The summed E-state index contributed by atoms with van der Waals surface area (Å²) in [5, 5.41) is 2.29. The van der Waals surface area contributed by atoms with Crippen LogP contribution in [0.25, 0.3) is 0 Å². The van der Waals surface area contributed by atoms with E-state index in [9.17, 15) is 14.4 Å². The normalized spacial score (nSPS) is 37.2. The monoisotopic (exact) mass is 347 g/mol. The highest BCUT2D eigenvalue weighted by Crippen LogP contribution is 2.66. The molecule has 6 nitrogen and oxygen atoms in total. The molecule has 0 aromatic rings. The number of amides is 4. The Bertz CT molecular complexity index is 627. The van der Waals surface area contributed by atoms with Crippen molar-refractivity contribution in [3.8, 4) is 0 Å². The highest BCUT2D eigenvalue weighted by atomic mass is 16.2. The van der Waals surface area contributed by atoms with Crippen molar-refractivity contribution in [1.82, 2.24) is 10.2 Å². The largest absolute Gasteiger partial charge is 0.330 e. The van der Waals surface area contributed by atoms with Crippen molar-refractivity contribution in [2.24, 2.45) is 27.7 Å². The third kappa shape index (κ3) is 2.70. The zero-order valence-electron chi connectivity index (χ0n) is 15.7. The lowest BCUT2D eigenvalue weighted by atomic mass is 9.69. The smallest absolute Gasteiger partial charge is 0.292 e. The Morgan fingerprint density at radius 1 is 1.28 bits per heavy atom. The summed E-state index contributed by atoms with van der Waals surface area (Å²) in [7, 11) is 0. The van der Waals surface area contributed by atoms with E-state index >= 15 is 0 Å². The Labute approximate surface area is 149 Å². The minimum Gasteiger partial charge on any atom is -0.292 e. The molecule has 3 rings (SSSR count). The van der Waals surface area contributed by atoms with E-state index in [1.165, 1.54) is 12.6 Å². The van der Waals surface area contributed by atoms with Gasteiger partial charge in [-0.25, -0.2) is 4.79 Å². The van der Waals surface area contributed by atoms with Crippen LogP contribution in [0.3, 0.4) is 0 Å². The summed E-state index contributed by atoms with van der Waals surface area (Å²) in [4.78, 5) is 42.4. The molecule has 0 aromatic heterocycles. The molecule has 1 aliphatic heterocycles. The average Bonchev–Trinajstić information content (AvgIpc) is 2.87. The Kier molecular flexibility index (Phi) is 4.50. The first-order valence-corrected chi connectivity index (χ1v) is 9.42. The molecule has 6 heteroatoms. The van der Waals surface area contributed by atoms with Crippen molar-refractivity contribution in [3.05, 3.63) is 0 Å². The highest BCUT2D eigenvalue weighted by Gasteiger charge is 2.61. The van der Waals surface area contributed by atoms with Crippen molar-refractivity contribution in [2.75, 3.05) is 6.54 Å². The van der Waals surface area contributed by atoms with E-state index in [4.69, 9.17) is 4.99 Å². The number of barbiturate groups is 1. The molecule has 2 aliphatic carbocycles. The van der Waals surface area contributed by atoms with Crippen LogP contribution < -0.4 is 5.32 Å². The van der Waals surface area contributed by atoms with Gasteiger partial charge in [-0.2, -0.15) is 0 Å². The van der Waals surface area contributed by atoms with Crippen LogP contribution in [0.5, 0.6) is 0 Å². The molecule has 0 radical (unpaired) electrons. The predicted octanol–water partition coefficient (Wildman–Crippen LogP) is 2.77. The first-order chi connectivity index (χ1) is 11.7. The van der Waals surface area contributed by atoms with Crippen LogP contribution in [-0.2, 0) is 9.59 Å². The van der Waals surface area contributed by atoms with Crippen LogP contribution in [0.2, 0.25) is 0 Å². The molecule has 4 amide bonds. The molecule has 0 spiro atoms. The SMILES string of the molecule is CCCCN1C(=O)NC(=O)[C@@H](C=N[C@@H]2C[C@@H]3CC[C@]2(C)C3(C)C)C1=O. The van der Waals surface area contributed by atoms with Crippen LogP contribution in [0, 0.1) is 22.7 Å². The summed E-state index contributed by atoms with van der Waals surface area (Å²) >= 11 is 0. The molecule has 0 unspecified atom stereocenters. The summed E-state index contributed by atoms with van der Waals surface area (Å²) in [5.74, 6) is -1.34. The second-order valence-corrected chi connectivity index (χ2v) is 8.54. The van der Waals surface area contributed by atoms with Gasteiger partial charge >= 0.3 is 6.03 Å². The molecular formula is C19H29N3O3. The van der Waals surface area contributed by atoms with E-state index in [-0.39, 0.29) is 16.9 Å². The number of unbranched alkanes of at least 4 members (excludes halogenated alkanes) is 1. The molecule has 1 heterocycles. The highest BCUT2D eigenvalue weighted by molar-refractivity contribution is 6.23. The summed E-state index contributed by atoms with van der Waals surface area (Å²) in [6, 6.07) is -0.468. The molecule has 3 aliphatic rings. The number of aliphatic imine (C=N–C) groups is 1. The fourth-order valence-electron chi connectivity index (χ4n) is 4.87. The third-order valence-electron chi connectivity index (χ3n) is 7.19. The zero-order chi connectivity index (χ0) is 18.4. The third-order valence-corrected chi connectivity index (χ3v) is 7.19. The number of nitrogens with one attached hydrogen (secondary N) is 1. The van der Waals surface area contributed by atoms with Crippen molar-refractivity contribution in [2.45, 2.75) is 65.8 Å².